The Bertz CT molecular complexity index is 405. The quantitative estimate of drug-likeness (QED) is 0.803. The predicted molar refractivity (Wildman–Crippen MR) is 53.1 cm³/mol. The van der Waals surface area contributed by atoms with Crippen LogP contribution in [0.1, 0.15) is 10.4 Å². The fraction of sp³-hybridized carbons (Fsp3) is 0.111. The minimum Gasteiger partial charge on any atom is -0.481 e. The number of ether oxygens (including phenoxy) is 1. The molecule has 0 aliphatic rings. The van der Waals surface area contributed by atoms with Crippen molar-refractivity contribution in [3.05, 3.63) is 28.8 Å². The molecule has 1 rings (SSSR count). The van der Waals surface area contributed by atoms with Crippen LogP contribution in [-0.4, -0.2) is 23.6 Å². The number of carbonyl (C=O) groups excluding carboxylic acids is 1. The average molecular weight is 230 g/mol. The molecule has 1 aromatic carbocycles. The molecule has 5 nitrogen and oxygen atoms in total. The van der Waals surface area contributed by atoms with Crippen molar-refractivity contribution >= 4 is 23.5 Å². The highest BCUT2D eigenvalue weighted by Crippen LogP contribution is 2.22. The molecule has 0 saturated heterocycles. The van der Waals surface area contributed by atoms with Crippen LogP contribution in [0.25, 0.3) is 0 Å². The van der Waals surface area contributed by atoms with Gasteiger partial charge >= 0.3 is 5.97 Å². The molecule has 0 fully saturated rings. The Balaban J connectivity index is 2.96. The summed E-state index contributed by atoms with van der Waals surface area (Å²) >= 11 is 5.66. The number of halogens is 1. The second kappa shape index (κ2) is 4.65. The van der Waals surface area contributed by atoms with E-state index in [-0.39, 0.29) is 11.3 Å². The van der Waals surface area contributed by atoms with Crippen molar-refractivity contribution in [2.24, 2.45) is 5.73 Å². The molecule has 0 unspecified atom stereocenters. The van der Waals surface area contributed by atoms with Crippen LogP contribution in [0.3, 0.4) is 0 Å². The highest BCUT2D eigenvalue weighted by molar-refractivity contribution is 6.30. The number of aliphatic carboxylic acids is 1. The average Bonchev–Trinajstić information content (AvgIpc) is 2.14. The van der Waals surface area contributed by atoms with Crippen LogP contribution in [0.5, 0.6) is 5.75 Å². The van der Waals surface area contributed by atoms with Crippen LogP contribution in [0.15, 0.2) is 18.2 Å². The third kappa shape index (κ3) is 3.14. The first-order chi connectivity index (χ1) is 7.00. The summed E-state index contributed by atoms with van der Waals surface area (Å²) in [4.78, 5) is 21.2. The first kappa shape index (κ1) is 11.3. The number of hydrogen-bond donors (Lipinski definition) is 2. The Morgan fingerprint density at radius 1 is 1.47 bits per heavy atom. The summed E-state index contributed by atoms with van der Waals surface area (Å²) in [5.41, 5.74) is 5.16. The molecular formula is C9H8ClNO4. The van der Waals surface area contributed by atoms with Crippen molar-refractivity contribution in [3.63, 3.8) is 0 Å². The zero-order valence-electron chi connectivity index (χ0n) is 7.57. The maximum Gasteiger partial charge on any atom is 0.341 e. The van der Waals surface area contributed by atoms with E-state index < -0.39 is 18.5 Å². The van der Waals surface area contributed by atoms with Crippen molar-refractivity contribution in [1.29, 1.82) is 0 Å². The van der Waals surface area contributed by atoms with E-state index in [4.69, 9.17) is 27.2 Å². The lowest BCUT2D eigenvalue weighted by atomic mass is 10.2. The Morgan fingerprint density at radius 2 is 2.13 bits per heavy atom. The number of primary amides is 1. The molecule has 0 aliphatic heterocycles. The SMILES string of the molecule is NC(=O)c1ccc(Cl)cc1OCC(=O)O. The van der Waals surface area contributed by atoms with Gasteiger partial charge in [0.15, 0.2) is 6.61 Å². The topological polar surface area (TPSA) is 89.6 Å². The van der Waals surface area contributed by atoms with E-state index in [0.29, 0.717) is 5.02 Å². The highest BCUT2D eigenvalue weighted by Gasteiger charge is 2.11. The summed E-state index contributed by atoms with van der Waals surface area (Å²) in [5.74, 6) is -1.78. The van der Waals surface area contributed by atoms with Crippen molar-refractivity contribution in [2.45, 2.75) is 0 Å². The summed E-state index contributed by atoms with van der Waals surface area (Å²) in [7, 11) is 0. The highest BCUT2D eigenvalue weighted by atomic mass is 35.5. The number of nitrogens with two attached hydrogens (primary N) is 1. The molecule has 0 atom stereocenters. The molecule has 6 heteroatoms. The Morgan fingerprint density at radius 3 is 2.67 bits per heavy atom. The molecule has 0 spiro atoms. The Kier molecular flexibility index (Phi) is 3.51. The molecule has 3 N–H and O–H groups in total. The van der Waals surface area contributed by atoms with E-state index in [1.807, 2.05) is 0 Å². The van der Waals surface area contributed by atoms with Crippen LogP contribution in [0.2, 0.25) is 5.02 Å². The van der Waals surface area contributed by atoms with Crippen LogP contribution in [0, 0.1) is 0 Å². The standard InChI is InChI=1S/C9H8ClNO4/c10-5-1-2-6(9(11)14)7(3-5)15-4-8(12)13/h1-3H,4H2,(H2,11,14)(H,12,13). The van der Waals surface area contributed by atoms with E-state index in [1.165, 1.54) is 18.2 Å². The Labute approximate surface area is 90.4 Å². The van der Waals surface area contributed by atoms with Gasteiger partial charge in [0.05, 0.1) is 5.56 Å². The van der Waals surface area contributed by atoms with Crippen LogP contribution >= 0.6 is 11.6 Å². The lowest BCUT2D eigenvalue weighted by Crippen LogP contribution is -2.15. The first-order valence-corrected chi connectivity index (χ1v) is 4.32. The van der Waals surface area contributed by atoms with Gasteiger partial charge in [0.25, 0.3) is 5.91 Å². The first-order valence-electron chi connectivity index (χ1n) is 3.94. The third-order valence-corrected chi connectivity index (χ3v) is 1.80. The number of benzene rings is 1. The Hall–Kier alpha value is -1.75. The van der Waals surface area contributed by atoms with Gasteiger partial charge < -0.3 is 15.6 Å². The van der Waals surface area contributed by atoms with Gasteiger partial charge in [0, 0.05) is 5.02 Å². The minimum atomic E-state index is -1.15. The van der Waals surface area contributed by atoms with Gasteiger partial charge in [-0.25, -0.2) is 4.79 Å². The van der Waals surface area contributed by atoms with Gasteiger partial charge in [0.2, 0.25) is 0 Å². The molecule has 1 aromatic rings. The van der Waals surface area contributed by atoms with Gasteiger partial charge in [-0.3, -0.25) is 4.79 Å². The van der Waals surface area contributed by atoms with E-state index >= 15 is 0 Å². The molecular weight excluding hydrogens is 222 g/mol. The smallest absolute Gasteiger partial charge is 0.341 e. The number of carbonyl (C=O) groups is 2. The lowest BCUT2D eigenvalue weighted by molar-refractivity contribution is -0.139. The number of rotatable bonds is 4. The molecule has 0 heterocycles. The summed E-state index contributed by atoms with van der Waals surface area (Å²) in [6.07, 6.45) is 0. The van der Waals surface area contributed by atoms with Gasteiger partial charge in [-0.2, -0.15) is 0 Å². The maximum absolute atomic E-state index is 10.9. The maximum atomic E-state index is 10.9. The molecule has 0 aromatic heterocycles. The monoisotopic (exact) mass is 229 g/mol. The predicted octanol–water partition coefficient (Wildman–Crippen LogP) is 0.902. The van der Waals surface area contributed by atoms with Crippen molar-refractivity contribution in [1.82, 2.24) is 0 Å². The number of amides is 1. The van der Waals surface area contributed by atoms with Crippen LogP contribution < -0.4 is 10.5 Å². The molecule has 0 aliphatic carbocycles. The normalized spacial score (nSPS) is 9.67. The van der Waals surface area contributed by atoms with Gasteiger partial charge in [-0.1, -0.05) is 11.6 Å². The zero-order chi connectivity index (χ0) is 11.4. The van der Waals surface area contributed by atoms with E-state index in [9.17, 15) is 9.59 Å². The van der Waals surface area contributed by atoms with E-state index in [2.05, 4.69) is 0 Å². The van der Waals surface area contributed by atoms with Crippen LogP contribution in [-0.2, 0) is 4.79 Å². The van der Waals surface area contributed by atoms with E-state index in [1.54, 1.807) is 0 Å². The van der Waals surface area contributed by atoms with E-state index in [0.717, 1.165) is 0 Å². The molecule has 0 saturated carbocycles. The number of carboxylic acids is 1. The molecule has 1 amide bonds. The van der Waals surface area contributed by atoms with Gasteiger partial charge in [-0.05, 0) is 18.2 Å². The third-order valence-electron chi connectivity index (χ3n) is 1.56. The zero-order valence-corrected chi connectivity index (χ0v) is 8.32. The molecule has 0 radical (unpaired) electrons. The molecule has 0 bridgehead atoms. The summed E-state index contributed by atoms with van der Waals surface area (Å²) in [6.45, 7) is -0.555. The fourth-order valence-corrected chi connectivity index (χ4v) is 1.12. The fourth-order valence-electron chi connectivity index (χ4n) is 0.959. The molecule has 15 heavy (non-hydrogen) atoms. The second-order valence-corrected chi connectivity index (χ2v) is 3.12. The second-order valence-electron chi connectivity index (χ2n) is 2.69. The summed E-state index contributed by atoms with van der Waals surface area (Å²) in [5, 5.41) is 8.73. The van der Waals surface area contributed by atoms with Gasteiger partial charge in [-0.15, -0.1) is 0 Å². The molecule has 80 valence electrons. The minimum absolute atomic E-state index is 0.0670. The van der Waals surface area contributed by atoms with Crippen molar-refractivity contribution in [2.75, 3.05) is 6.61 Å². The van der Waals surface area contributed by atoms with Crippen molar-refractivity contribution in [3.8, 4) is 5.75 Å². The van der Waals surface area contributed by atoms with Gasteiger partial charge in [0.1, 0.15) is 5.75 Å². The van der Waals surface area contributed by atoms with Crippen LogP contribution in [0.4, 0.5) is 0 Å². The summed E-state index contributed by atoms with van der Waals surface area (Å²) in [6, 6.07) is 4.18. The number of carboxylic acid groups (broad SMARTS) is 1. The summed E-state index contributed by atoms with van der Waals surface area (Å²) < 4.78 is 4.86. The largest absolute Gasteiger partial charge is 0.481 e. The van der Waals surface area contributed by atoms with Crippen molar-refractivity contribution < 1.29 is 19.4 Å². The lowest BCUT2D eigenvalue weighted by Gasteiger charge is -2.07. The number of hydrogen-bond acceptors (Lipinski definition) is 3.